The van der Waals surface area contributed by atoms with Crippen molar-refractivity contribution in [2.45, 2.75) is 0 Å². The quantitative estimate of drug-likeness (QED) is 0.729. The third-order valence-corrected chi connectivity index (χ3v) is 3.69. The van der Waals surface area contributed by atoms with Crippen LogP contribution >= 0.6 is 0 Å². The molecule has 8 heteroatoms. The summed E-state index contributed by atoms with van der Waals surface area (Å²) in [5.41, 5.74) is 1.22. The van der Waals surface area contributed by atoms with Crippen LogP contribution in [0.1, 0.15) is 10.5 Å². The molecule has 1 amide bonds. The van der Waals surface area contributed by atoms with E-state index < -0.39 is 17.5 Å². The standard InChI is InChI=1S/C18H15F2N3O3/c1-25-11-4-6-17(26-2)15(8-11)21-18(24)16-9-14(22-23-16)10-3-5-12(19)13(20)7-10/h3-9H,1-2H3,(H,21,24)(H,22,23). The number of methoxy groups -OCH3 is 2. The lowest BCUT2D eigenvalue weighted by molar-refractivity contribution is 0.102. The first-order chi connectivity index (χ1) is 12.5. The van der Waals surface area contributed by atoms with Gasteiger partial charge in [-0.25, -0.2) is 8.78 Å². The zero-order valence-corrected chi connectivity index (χ0v) is 14.0. The van der Waals surface area contributed by atoms with Gasteiger partial charge in [-0.05, 0) is 36.4 Å². The molecule has 0 radical (unpaired) electrons. The number of ether oxygens (including phenoxy) is 2. The van der Waals surface area contributed by atoms with E-state index in [0.29, 0.717) is 28.4 Å². The van der Waals surface area contributed by atoms with Crippen LogP contribution in [0.5, 0.6) is 11.5 Å². The number of aromatic nitrogens is 2. The van der Waals surface area contributed by atoms with Crippen molar-refractivity contribution in [2.75, 3.05) is 19.5 Å². The number of carbonyl (C=O) groups excluding carboxylic acids is 1. The third-order valence-electron chi connectivity index (χ3n) is 3.69. The average molecular weight is 359 g/mol. The van der Waals surface area contributed by atoms with Crippen molar-refractivity contribution in [1.82, 2.24) is 10.2 Å². The molecule has 3 aromatic rings. The predicted molar refractivity (Wildman–Crippen MR) is 91.4 cm³/mol. The van der Waals surface area contributed by atoms with E-state index in [1.807, 2.05) is 0 Å². The van der Waals surface area contributed by atoms with Gasteiger partial charge in [-0.2, -0.15) is 5.10 Å². The second-order valence-electron chi connectivity index (χ2n) is 5.32. The molecule has 1 heterocycles. The Labute approximate surface area is 147 Å². The highest BCUT2D eigenvalue weighted by atomic mass is 19.2. The van der Waals surface area contributed by atoms with Gasteiger partial charge in [-0.3, -0.25) is 9.89 Å². The number of amides is 1. The molecule has 26 heavy (non-hydrogen) atoms. The number of anilines is 1. The Morgan fingerprint density at radius 3 is 2.54 bits per heavy atom. The van der Waals surface area contributed by atoms with Crippen LogP contribution in [-0.2, 0) is 0 Å². The van der Waals surface area contributed by atoms with Crippen molar-refractivity contribution >= 4 is 11.6 Å². The van der Waals surface area contributed by atoms with Crippen LogP contribution in [0.4, 0.5) is 14.5 Å². The van der Waals surface area contributed by atoms with Gasteiger partial charge >= 0.3 is 0 Å². The number of H-pyrrole nitrogens is 1. The van der Waals surface area contributed by atoms with Gasteiger partial charge in [0.1, 0.15) is 17.2 Å². The SMILES string of the molecule is COc1ccc(OC)c(NC(=O)c2cc(-c3ccc(F)c(F)c3)n[nH]2)c1. The maximum atomic E-state index is 13.4. The summed E-state index contributed by atoms with van der Waals surface area (Å²) < 4.78 is 36.7. The molecule has 0 fully saturated rings. The Hall–Kier alpha value is -3.42. The summed E-state index contributed by atoms with van der Waals surface area (Å²) in [6.07, 6.45) is 0. The van der Waals surface area contributed by atoms with Gasteiger partial charge in [0, 0.05) is 11.6 Å². The summed E-state index contributed by atoms with van der Waals surface area (Å²) in [4.78, 5) is 12.4. The first-order valence-corrected chi connectivity index (χ1v) is 7.56. The zero-order valence-electron chi connectivity index (χ0n) is 14.0. The van der Waals surface area contributed by atoms with Crippen LogP contribution in [-0.4, -0.2) is 30.3 Å². The van der Waals surface area contributed by atoms with Gasteiger partial charge in [-0.1, -0.05) is 0 Å². The van der Waals surface area contributed by atoms with E-state index in [0.717, 1.165) is 12.1 Å². The van der Waals surface area contributed by atoms with Gasteiger partial charge in [0.05, 0.1) is 25.6 Å². The molecule has 0 unspecified atom stereocenters. The van der Waals surface area contributed by atoms with Crippen LogP contribution in [0, 0.1) is 11.6 Å². The zero-order chi connectivity index (χ0) is 18.7. The number of nitrogens with one attached hydrogen (secondary N) is 2. The molecule has 134 valence electrons. The van der Waals surface area contributed by atoms with Crippen LogP contribution in [0.3, 0.4) is 0 Å². The number of carbonyl (C=O) groups is 1. The number of halogens is 2. The number of hydrogen-bond donors (Lipinski definition) is 2. The molecule has 0 aliphatic heterocycles. The lowest BCUT2D eigenvalue weighted by Crippen LogP contribution is -2.13. The van der Waals surface area contributed by atoms with E-state index in [4.69, 9.17) is 9.47 Å². The minimum Gasteiger partial charge on any atom is -0.497 e. The van der Waals surface area contributed by atoms with Crippen LogP contribution < -0.4 is 14.8 Å². The summed E-state index contributed by atoms with van der Waals surface area (Å²) in [6, 6.07) is 9.80. The number of benzene rings is 2. The molecular weight excluding hydrogens is 344 g/mol. The summed E-state index contributed by atoms with van der Waals surface area (Å²) >= 11 is 0. The van der Waals surface area contributed by atoms with E-state index in [9.17, 15) is 13.6 Å². The molecule has 2 aromatic carbocycles. The van der Waals surface area contributed by atoms with Crippen LogP contribution in [0.2, 0.25) is 0 Å². The fourth-order valence-electron chi connectivity index (χ4n) is 2.34. The molecule has 0 bridgehead atoms. The highest BCUT2D eigenvalue weighted by Gasteiger charge is 2.15. The molecule has 3 rings (SSSR count). The molecule has 6 nitrogen and oxygen atoms in total. The van der Waals surface area contributed by atoms with E-state index >= 15 is 0 Å². The molecule has 0 saturated heterocycles. The number of hydrogen-bond acceptors (Lipinski definition) is 4. The van der Waals surface area contributed by atoms with Crippen molar-refractivity contribution in [3.63, 3.8) is 0 Å². The number of aromatic amines is 1. The van der Waals surface area contributed by atoms with Gasteiger partial charge in [0.15, 0.2) is 11.6 Å². The number of rotatable bonds is 5. The topological polar surface area (TPSA) is 76.2 Å². The summed E-state index contributed by atoms with van der Waals surface area (Å²) in [6.45, 7) is 0. The Morgan fingerprint density at radius 2 is 1.85 bits per heavy atom. The third kappa shape index (κ3) is 3.49. The largest absolute Gasteiger partial charge is 0.497 e. The normalized spacial score (nSPS) is 10.5. The lowest BCUT2D eigenvalue weighted by Gasteiger charge is -2.11. The fraction of sp³-hybridized carbons (Fsp3) is 0.111. The minimum absolute atomic E-state index is 0.148. The molecule has 0 aliphatic carbocycles. The molecule has 1 aromatic heterocycles. The first-order valence-electron chi connectivity index (χ1n) is 7.56. The highest BCUT2D eigenvalue weighted by Crippen LogP contribution is 2.29. The molecular formula is C18H15F2N3O3. The van der Waals surface area contributed by atoms with Crippen molar-refractivity contribution in [3.8, 4) is 22.8 Å². The Bertz CT molecular complexity index is 957. The van der Waals surface area contributed by atoms with E-state index in [1.165, 1.54) is 26.4 Å². The lowest BCUT2D eigenvalue weighted by atomic mass is 10.1. The average Bonchev–Trinajstić information content (AvgIpc) is 3.14. The second kappa shape index (κ2) is 7.22. The smallest absolute Gasteiger partial charge is 0.273 e. The summed E-state index contributed by atoms with van der Waals surface area (Å²) in [5.74, 6) is -1.41. The fourth-order valence-corrected chi connectivity index (χ4v) is 2.34. The van der Waals surface area contributed by atoms with Gasteiger partial charge in [0.2, 0.25) is 0 Å². The monoisotopic (exact) mass is 359 g/mol. The van der Waals surface area contributed by atoms with Gasteiger partial charge < -0.3 is 14.8 Å². The van der Waals surface area contributed by atoms with Gasteiger partial charge in [-0.15, -0.1) is 0 Å². The Balaban J connectivity index is 1.83. The molecule has 2 N–H and O–H groups in total. The summed E-state index contributed by atoms with van der Waals surface area (Å²) in [7, 11) is 2.99. The predicted octanol–water partition coefficient (Wildman–Crippen LogP) is 3.62. The molecule has 0 aliphatic rings. The molecule has 0 saturated carbocycles. The van der Waals surface area contributed by atoms with Crippen molar-refractivity contribution < 1.29 is 23.0 Å². The number of nitrogens with zero attached hydrogens (tertiary/aromatic N) is 1. The van der Waals surface area contributed by atoms with Crippen LogP contribution in [0.25, 0.3) is 11.3 Å². The van der Waals surface area contributed by atoms with Crippen molar-refractivity contribution in [3.05, 3.63) is 59.8 Å². The van der Waals surface area contributed by atoms with E-state index in [1.54, 1.807) is 18.2 Å². The second-order valence-corrected chi connectivity index (χ2v) is 5.32. The highest BCUT2D eigenvalue weighted by molar-refractivity contribution is 6.04. The van der Waals surface area contributed by atoms with E-state index in [2.05, 4.69) is 15.5 Å². The van der Waals surface area contributed by atoms with Crippen molar-refractivity contribution in [2.24, 2.45) is 0 Å². The van der Waals surface area contributed by atoms with Gasteiger partial charge in [0.25, 0.3) is 5.91 Å². The Kier molecular flexibility index (Phi) is 4.83. The molecule has 0 atom stereocenters. The van der Waals surface area contributed by atoms with Crippen molar-refractivity contribution in [1.29, 1.82) is 0 Å². The Morgan fingerprint density at radius 1 is 1.04 bits per heavy atom. The van der Waals surface area contributed by atoms with Crippen LogP contribution in [0.15, 0.2) is 42.5 Å². The molecule has 0 spiro atoms. The maximum Gasteiger partial charge on any atom is 0.273 e. The minimum atomic E-state index is -0.988. The maximum absolute atomic E-state index is 13.4. The first kappa shape index (κ1) is 17.4. The van der Waals surface area contributed by atoms with E-state index in [-0.39, 0.29) is 5.69 Å². The summed E-state index contributed by atoms with van der Waals surface area (Å²) in [5, 5.41) is 9.23.